The summed E-state index contributed by atoms with van der Waals surface area (Å²) in [4.78, 5) is 13.9. The first-order valence-corrected chi connectivity index (χ1v) is 12.1. The zero-order valence-electron chi connectivity index (χ0n) is 17.3. The van der Waals surface area contributed by atoms with Crippen molar-refractivity contribution in [2.45, 2.75) is 38.1 Å². The normalized spacial score (nSPS) is 18.8. The molecule has 0 atom stereocenters. The minimum atomic E-state index is -2.37. The third-order valence-corrected chi connectivity index (χ3v) is 6.67. The third kappa shape index (κ3) is 4.35. The van der Waals surface area contributed by atoms with Crippen molar-refractivity contribution >= 4 is 28.0 Å². The fraction of sp³-hybridized carbons (Fsp3) is 0.579. The van der Waals surface area contributed by atoms with Gasteiger partial charge in [-0.05, 0) is 32.1 Å². The van der Waals surface area contributed by atoms with E-state index in [9.17, 15) is 8.42 Å². The van der Waals surface area contributed by atoms with Crippen molar-refractivity contribution in [1.82, 2.24) is 34.7 Å². The smallest absolute Gasteiger partial charge is 0.243 e. The van der Waals surface area contributed by atoms with E-state index in [1.165, 1.54) is 6.42 Å². The van der Waals surface area contributed by atoms with Gasteiger partial charge in [0.1, 0.15) is 17.7 Å². The van der Waals surface area contributed by atoms with Crippen molar-refractivity contribution in [2.75, 3.05) is 42.3 Å². The van der Waals surface area contributed by atoms with Crippen LogP contribution in [0.3, 0.4) is 0 Å². The maximum atomic E-state index is 11.0. The van der Waals surface area contributed by atoms with Gasteiger partial charge in [0.15, 0.2) is 16.4 Å². The van der Waals surface area contributed by atoms with Gasteiger partial charge < -0.3 is 10.2 Å². The van der Waals surface area contributed by atoms with Gasteiger partial charge in [-0.25, -0.2) is 13.4 Å². The van der Waals surface area contributed by atoms with Crippen LogP contribution >= 0.6 is 0 Å². The molecule has 0 saturated carbocycles. The summed E-state index contributed by atoms with van der Waals surface area (Å²) in [6.45, 7) is 3.45. The third-order valence-electron chi connectivity index (χ3n) is 6.04. The van der Waals surface area contributed by atoms with Gasteiger partial charge in [0, 0.05) is 44.0 Å². The molecule has 2 aliphatic heterocycles. The number of hydrogen-bond acceptors (Lipinski definition) is 9. The average molecular weight is 446 g/mol. The Kier molecular flexibility index (Phi) is 5.72. The lowest BCUT2D eigenvalue weighted by atomic mass is 10.1. The lowest BCUT2D eigenvalue weighted by molar-refractivity contribution is 0.250. The molecule has 5 rings (SSSR count). The van der Waals surface area contributed by atoms with Crippen LogP contribution in [0.2, 0.25) is 0 Å². The molecule has 0 aromatic carbocycles. The van der Waals surface area contributed by atoms with E-state index in [0.717, 1.165) is 74.5 Å². The van der Waals surface area contributed by atoms with Crippen LogP contribution in [0, 0.1) is 0 Å². The van der Waals surface area contributed by atoms with E-state index >= 15 is 0 Å². The number of nitrogens with one attached hydrogen (secondary N) is 2. The Labute approximate surface area is 181 Å². The number of aromatic nitrogens is 6. The highest BCUT2D eigenvalue weighted by Crippen LogP contribution is 2.34. The molecule has 3 aromatic heterocycles. The molecule has 2 saturated heterocycles. The van der Waals surface area contributed by atoms with E-state index in [-0.39, 0.29) is 11.9 Å². The first kappa shape index (κ1) is 20.2. The number of fused-ring (bicyclic) bond motifs is 1. The van der Waals surface area contributed by atoms with Crippen LogP contribution in [-0.4, -0.2) is 81.2 Å². The van der Waals surface area contributed by atoms with E-state index < -0.39 is 10.7 Å². The van der Waals surface area contributed by atoms with Crippen LogP contribution in [0.5, 0.6) is 0 Å². The Morgan fingerprint density at radius 1 is 1.13 bits per heavy atom. The van der Waals surface area contributed by atoms with Gasteiger partial charge in [0.25, 0.3) is 0 Å². The molecule has 0 unspecified atom stereocenters. The van der Waals surface area contributed by atoms with Crippen molar-refractivity contribution in [3.63, 3.8) is 0 Å². The van der Waals surface area contributed by atoms with Crippen LogP contribution in [0.4, 0.5) is 11.6 Å². The van der Waals surface area contributed by atoms with E-state index in [1.54, 1.807) is 17.0 Å². The van der Waals surface area contributed by atoms with Crippen LogP contribution in [-0.2, 0) is 10.7 Å². The topological polar surface area (TPSA) is 124 Å². The summed E-state index contributed by atoms with van der Waals surface area (Å²) in [5, 5.41) is 15.0. The van der Waals surface area contributed by atoms with Crippen molar-refractivity contribution in [2.24, 2.45) is 0 Å². The van der Waals surface area contributed by atoms with E-state index in [0.29, 0.717) is 5.95 Å². The highest BCUT2D eigenvalue weighted by Gasteiger charge is 2.24. The Balaban J connectivity index is 1.41. The summed E-state index contributed by atoms with van der Waals surface area (Å²) in [5.74, 6) is 0.716. The summed E-state index contributed by atoms with van der Waals surface area (Å²) in [6.07, 6.45) is 10.6. The van der Waals surface area contributed by atoms with Gasteiger partial charge in [0.2, 0.25) is 5.95 Å². The number of hydrogen-bond donors (Lipinski definition) is 3. The quantitative estimate of drug-likeness (QED) is 0.476. The summed E-state index contributed by atoms with van der Waals surface area (Å²) in [7, 11) is -2.37. The second kappa shape index (κ2) is 8.79. The summed E-state index contributed by atoms with van der Waals surface area (Å²) in [6, 6.07) is 0.220. The van der Waals surface area contributed by atoms with Crippen LogP contribution in [0.15, 0.2) is 18.7 Å². The number of rotatable bonds is 6. The molecule has 0 amide bonds. The number of aromatic amines is 1. The van der Waals surface area contributed by atoms with E-state index in [4.69, 9.17) is 4.98 Å². The van der Waals surface area contributed by atoms with E-state index in [1.807, 2.05) is 11.1 Å². The Bertz CT molecular complexity index is 1090. The summed E-state index contributed by atoms with van der Waals surface area (Å²) < 4.78 is 23.7. The number of piperidine rings is 2. The highest BCUT2D eigenvalue weighted by molar-refractivity contribution is 7.72. The number of nitrogens with zero attached hydrogens (tertiary/aromatic N) is 7. The molecule has 0 bridgehead atoms. The molecule has 3 aromatic rings. The van der Waals surface area contributed by atoms with Gasteiger partial charge >= 0.3 is 0 Å². The monoisotopic (exact) mass is 445 g/mol. The van der Waals surface area contributed by atoms with Gasteiger partial charge in [-0.1, -0.05) is 0 Å². The molecule has 31 heavy (non-hydrogen) atoms. The molecule has 2 fully saturated rings. The predicted molar refractivity (Wildman–Crippen MR) is 118 cm³/mol. The second-order valence-electron chi connectivity index (χ2n) is 8.19. The predicted octanol–water partition coefficient (Wildman–Crippen LogP) is 0.950. The molecular formula is C19H27N9O2S. The van der Waals surface area contributed by atoms with Crippen LogP contribution < -0.4 is 10.2 Å². The number of H-pyrrole nitrogens is 1. The number of thiol groups is 1. The second-order valence-corrected chi connectivity index (χ2v) is 9.14. The van der Waals surface area contributed by atoms with Gasteiger partial charge in [0.05, 0.1) is 12.1 Å². The SMILES string of the molecule is O=[SH](=O)CN1CCC(Nc2nc3c(N4CCCCC4)c(-c4cn[nH]c4)ncn3n2)CC1. The minimum Gasteiger partial charge on any atom is -0.367 e. The van der Waals surface area contributed by atoms with Crippen molar-refractivity contribution in [1.29, 1.82) is 0 Å². The summed E-state index contributed by atoms with van der Waals surface area (Å²) in [5.41, 5.74) is 3.58. The maximum absolute atomic E-state index is 11.0. The largest absolute Gasteiger partial charge is 0.367 e. The molecule has 12 heteroatoms. The van der Waals surface area contributed by atoms with Gasteiger partial charge in [-0.3, -0.25) is 10.00 Å². The zero-order chi connectivity index (χ0) is 21.2. The first-order valence-electron chi connectivity index (χ1n) is 10.8. The van der Waals surface area contributed by atoms with Crippen molar-refractivity contribution in [3.8, 4) is 11.3 Å². The lowest BCUT2D eigenvalue weighted by Crippen LogP contribution is -2.40. The molecule has 0 spiro atoms. The molecule has 5 heterocycles. The number of likely N-dealkylation sites (tertiary alicyclic amines) is 1. The van der Waals surface area contributed by atoms with Gasteiger partial charge in [-0.15, -0.1) is 5.10 Å². The fourth-order valence-corrected chi connectivity index (χ4v) is 5.08. The molecular weight excluding hydrogens is 418 g/mol. The van der Waals surface area contributed by atoms with Crippen molar-refractivity contribution < 1.29 is 8.42 Å². The fourth-order valence-electron chi connectivity index (χ4n) is 4.47. The minimum absolute atomic E-state index is 0.135. The molecule has 0 aliphatic carbocycles. The molecule has 2 N–H and O–H groups in total. The summed E-state index contributed by atoms with van der Waals surface area (Å²) >= 11 is 0. The molecule has 11 nitrogen and oxygen atoms in total. The van der Waals surface area contributed by atoms with Crippen molar-refractivity contribution in [3.05, 3.63) is 18.7 Å². The molecule has 2 aliphatic rings. The van der Waals surface area contributed by atoms with E-state index in [2.05, 4.69) is 30.5 Å². The molecule has 0 radical (unpaired) electrons. The van der Waals surface area contributed by atoms with Crippen LogP contribution in [0.25, 0.3) is 16.9 Å². The molecule has 166 valence electrons. The first-order chi connectivity index (χ1) is 15.2. The lowest BCUT2D eigenvalue weighted by Gasteiger charge is -2.30. The maximum Gasteiger partial charge on any atom is 0.243 e. The van der Waals surface area contributed by atoms with Crippen LogP contribution in [0.1, 0.15) is 32.1 Å². The Hall–Kier alpha value is -2.73. The van der Waals surface area contributed by atoms with Gasteiger partial charge in [-0.2, -0.15) is 14.6 Å². The standard InChI is InChI=1S/C19H27N9O2S/c29-31(30)13-26-8-4-15(5-9-26)23-19-24-18-17(27-6-2-1-3-7-27)16(14-10-21-22-11-14)20-12-28(18)25-19/h10-12,15,31H,1-9,13H2,(H,21,22)(H,23,25). The zero-order valence-corrected chi connectivity index (χ0v) is 18.2. The Morgan fingerprint density at radius 3 is 2.65 bits per heavy atom. The highest BCUT2D eigenvalue weighted by atomic mass is 32.2. The average Bonchev–Trinajstić information content (AvgIpc) is 3.44. The Morgan fingerprint density at radius 2 is 1.94 bits per heavy atom. The number of anilines is 2.